The zero-order chi connectivity index (χ0) is 26.5. The molecule has 0 saturated carbocycles. The molecule has 2 N–H and O–H groups in total. The third-order valence-electron chi connectivity index (χ3n) is 7.36. The number of piperidine rings is 1. The van der Waals surface area contributed by atoms with Gasteiger partial charge >= 0.3 is 0 Å². The summed E-state index contributed by atoms with van der Waals surface area (Å²) in [5.41, 5.74) is 3.54. The molecule has 0 radical (unpaired) electrons. The minimum atomic E-state index is 0.0455. The first-order valence-electron chi connectivity index (χ1n) is 13.5. The van der Waals surface area contributed by atoms with Crippen LogP contribution in [0.25, 0.3) is 22.0 Å². The second kappa shape index (κ2) is 11.7. The minimum Gasteiger partial charge on any atom is -0.437 e. The van der Waals surface area contributed by atoms with Crippen molar-refractivity contribution in [3.8, 4) is 22.9 Å². The third kappa shape index (κ3) is 5.68. The Bertz CT molecular complexity index is 1430. The number of anilines is 1. The summed E-state index contributed by atoms with van der Waals surface area (Å²) in [5.74, 6) is 2.12. The Morgan fingerprint density at radius 2 is 2.00 bits per heavy atom. The van der Waals surface area contributed by atoms with Crippen molar-refractivity contribution in [3.05, 3.63) is 72.1 Å². The molecule has 4 aromatic rings. The van der Waals surface area contributed by atoms with Crippen molar-refractivity contribution in [3.63, 3.8) is 0 Å². The molecule has 2 aromatic carbocycles. The number of aryl methyl sites for hydroxylation is 1. The highest BCUT2D eigenvalue weighted by Crippen LogP contribution is 2.37. The highest BCUT2D eigenvalue weighted by atomic mass is 16.5. The number of rotatable bonds is 9. The summed E-state index contributed by atoms with van der Waals surface area (Å²) in [7, 11) is 0. The number of ketones is 1. The van der Waals surface area contributed by atoms with E-state index in [1.807, 2.05) is 56.3 Å². The molecule has 0 amide bonds. The summed E-state index contributed by atoms with van der Waals surface area (Å²) in [6, 6.07) is 16.2. The van der Waals surface area contributed by atoms with E-state index in [1.54, 1.807) is 12.4 Å². The predicted molar refractivity (Wildman–Crippen MR) is 152 cm³/mol. The fraction of sp³-hybridized carbons (Fsp3) is 0.355. The molecule has 1 unspecified atom stereocenters. The van der Waals surface area contributed by atoms with Gasteiger partial charge in [0.25, 0.3) is 0 Å². The van der Waals surface area contributed by atoms with E-state index in [4.69, 9.17) is 9.72 Å². The zero-order valence-corrected chi connectivity index (χ0v) is 22.3. The van der Waals surface area contributed by atoms with Gasteiger partial charge in [-0.3, -0.25) is 4.79 Å². The van der Waals surface area contributed by atoms with Crippen LogP contribution in [0.2, 0.25) is 0 Å². The van der Waals surface area contributed by atoms with E-state index in [0.29, 0.717) is 24.3 Å². The van der Waals surface area contributed by atoms with Crippen LogP contribution in [0.1, 0.15) is 44.2 Å². The van der Waals surface area contributed by atoms with Crippen molar-refractivity contribution in [2.75, 3.05) is 18.4 Å². The predicted octanol–water partition coefficient (Wildman–Crippen LogP) is 6.11. The van der Waals surface area contributed by atoms with Gasteiger partial charge in [-0.15, -0.1) is 0 Å². The number of hydrogen-bond donors (Lipinski definition) is 2. The molecule has 3 heterocycles. The maximum absolute atomic E-state index is 12.7. The Kier molecular flexibility index (Phi) is 7.94. The van der Waals surface area contributed by atoms with Gasteiger partial charge < -0.3 is 15.4 Å². The molecule has 196 valence electrons. The van der Waals surface area contributed by atoms with Gasteiger partial charge in [0.15, 0.2) is 0 Å². The quantitative estimate of drug-likeness (QED) is 0.281. The molecule has 7 heteroatoms. The minimum absolute atomic E-state index is 0.0455. The summed E-state index contributed by atoms with van der Waals surface area (Å²) in [6.45, 7) is 8.03. The van der Waals surface area contributed by atoms with E-state index in [2.05, 4.69) is 33.6 Å². The summed E-state index contributed by atoms with van der Waals surface area (Å²) in [5, 5.41) is 8.86. The number of fused-ring (bicyclic) bond motifs is 1. The van der Waals surface area contributed by atoms with Gasteiger partial charge in [0, 0.05) is 42.7 Å². The van der Waals surface area contributed by atoms with Crippen molar-refractivity contribution >= 4 is 22.5 Å². The first-order chi connectivity index (χ1) is 18.5. The average molecular weight is 510 g/mol. The lowest BCUT2D eigenvalue weighted by molar-refractivity contribution is -0.121. The standard InChI is InChI=1S/C31H35N5O2/c1-4-20(2)28(37)18-22-8-5-10-25-24(22)13-12-21(3)29(25)38-30-26(11-7-16-33-30)27-14-17-34-31(36-27)35-23-9-6-15-32-19-23/h5,7-8,10-14,16-17,20,23,32H,4,6,9,15,18-19H2,1-3H3,(H,34,35,36)/t20?,23-/m0/s1. The SMILES string of the molecule is CCC(C)C(=O)Cc1cccc2c(Oc3ncccc3-c3ccnc(N[C@H]4CCCNC4)n3)c(C)ccc12. The summed E-state index contributed by atoms with van der Waals surface area (Å²) in [4.78, 5) is 26.5. The summed E-state index contributed by atoms with van der Waals surface area (Å²) < 4.78 is 6.54. The van der Waals surface area contributed by atoms with Crippen LogP contribution < -0.4 is 15.4 Å². The molecule has 0 spiro atoms. The molecule has 0 aliphatic carbocycles. The molecule has 1 fully saturated rings. The van der Waals surface area contributed by atoms with E-state index in [0.717, 1.165) is 71.3 Å². The fourth-order valence-electron chi connectivity index (χ4n) is 4.88. The number of nitrogens with one attached hydrogen (secondary N) is 2. The van der Waals surface area contributed by atoms with Crippen molar-refractivity contribution in [2.45, 2.75) is 52.5 Å². The van der Waals surface area contributed by atoms with Gasteiger partial charge in [0.1, 0.15) is 11.5 Å². The molecular weight excluding hydrogens is 474 g/mol. The van der Waals surface area contributed by atoms with Crippen LogP contribution in [0.5, 0.6) is 11.6 Å². The maximum Gasteiger partial charge on any atom is 0.228 e. The van der Waals surface area contributed by atoms with E-state index >= 15 is 0 Å². The van der Waals surface area contributed by atoms with E-state index in [-0.39, 0.29) is 11.7 Å². The molecule has 2 atom stereocenters. The topological polar surface area (TPSA) is 89.0 Å². The van der Waals surface area contributed by atoms with E-state index in [1.165, 1.54) is 0 Å². The number of aromatic nitrogens is 3. The van der Waals surface area contributed by atoms with Crippen molar-refractivity contribution < 1.29 is 9.53 Å². The van der Waals surface area contributed by atoms with Crippen LogP contribution in [0, 0.1) is 12.8 Å². The molecule has 1 aliphatic heterocycles. The van der Waals surface area contributed by atoms with Crippen molar-refractivity contribution in [2.24, 2.45) is 5.92 Å². The molecular formula is C31H35N5O2. The van der Waals surface area contributed by atoms with Crippen LogP contribution in [0.4, 0.5) is 5.95 Å². The average Bonchev–Trinajstić information content (AvgIpc) is 2.95. The first kappa shape index (κ1) is 25.8. The number of hydrogen-bond acceptors (Lipinski definition) is 7. The van der Waals surface area contributed by atoms with E-state index < -0.39 is 0 Å². The maximum atomic E-state index is 12.7. The van der Waals surface area contributed by atoms with Gasteiger partial charge in [0.05, 0.1) is 11.3 Å². The lowest BCUT2D eigenvalue weighted by Crippen LogP contribution is -2.38. The molecule has 1 saturated heterocycles. The van der Waals surface area contributed by atoms with Crippen LogP contribution in [0.15, 0.2) is 60.9 Å². The molecule has 1 aliphatic rings. The number of carbonyl (C=O) groups is 1. The van der Waals surface area contributed by atoms with Crippen LogP contribution >= 0.6 is 0 Å². The molecule has 0 bridgehead atoms. The Labute approximate surface area is 224 Å². The number of pyridine rings is 1. The lowest BCUT2D eigenvalue weighted by atomic mass is 9.93. The second-order valence-corrected chi connectivity index (χ2v) is 10.1. The van der Waals surface area contributed by atoms with Crippen molar-refractivity contribution in [1.29, 1.82) is 0 Å². The van der Waals surface area contributed by atoms with Gasteiger partial charge in [-0.1, -0.05) is 44.2 Å². The first-order valence-corrected chi connectivity index (χ1v) is 13.5. The van der Waals surface area contributed by atoms with Crippen LogP contribution in [-0.2, 0) is 11.2 Å². The lowest BCUT2D eigenvalue weighted by Gasteiger charge is -2.23. The van der Waals surface area contributed by atoms with Crippen LogP contribution in [-0.4, -0.2) is 39.9 Å². The Hall–Kier alpha value is -3.84. The monoisotopic (exact) mass is 509 g/mol. The number of benzene rings is 2. The molecule has 7 nitrogen and oxygen atoms in total. The second-order valence-electron chi connectivity index (χ2n) is 10.1. The number of carbonyl (C=O) groups excluding carboxylic acids is 1. The van der Waals surface area contributed by atoms with Gasteiger partial charge in [0.2, 0.25) is 11.8 Å². The van der Waals surface area contributed by atoms with E-state index in [9.17, 15) is 4.79 Å². The fourth-order valence-corrected chi connectivity index (χ4v) is 4.88. The van der Waals surface area contributed by atoms with Crippen molar-refractivity contribution in [1.82, 2.24) is 20.3 Å². The Morgan fingerprint density at radius 3 is 2.82 bits per heavy atom. The highest BCUT2D eigenvalue weighted by molar-refractivity contribution is 5.95. The molecule has 5 rings (SSSR count). The van der Waals surface area contributed by atoms with Gasteiger partial charge in [-0.05, 0) is 67.4 Å². The zero-order valence-electron chi connectivity index (χ0n) is 22.3. The highest BCUT2D eigenvalue weighted by Gasteiger charge is 2.18. The van der Waals surface area contributed by atoms with Gasteiger partial charge in [-0.2, -0.15) is 0 Å². The molecule has 38 heavy (non-hydrogen) atoms. The molecule has 2 aromatic heterocycles. The summed E-state index contributed by atoms with van der Waals surface area (Å²) >= 11 is 0. The van der Waals surface area contributed by atoms with Gasteiger partial charge in [-0.25, -0.2) is 15.0 Å². The largest absolute Gasteiger partial charge is 0.437 e. The number of ether oxygens (including phenoxy) is 1. The normalized spacial score (nSPS) is 16.2. The number of nitrogens with zero attached hydrogens (tertiary/aromatic N) is 3. The van der Waals surface area contributed by atoms with Crippen LogP contribution in [0.3, 0.4) is 0 Å². The Morgan fingerprint density at radius 1 is 1.11 bits per heavy atom. The Balaban J connectivity index is 1.47. The smallest absolute Gasteiger partial charge is 0.228 e. The third-order valence-corrected chi connectivity index (χ3v) is 7.36. The number of Topliss-reactive ketones (excluding diaryl/α,β-unsaturated/α-hetero) is 1. The summed E-state index contributed by atoms with van der Waals surface area (Å²) in [6.07, 6.45) is 6.97.